The number of thiazole rings is 1. The van der Waals surface area contributed by atoms with Crippen molar-refractivity contribution in [2.45, 2.75) is 32.1 Å². The summed E-state index contributed by atoms with van der Waals surface area (Å²) in [6.45, 7) is 5.15. The molecule has 2 heterocycles. The van der Waals surface area contributed by atoms with Gasteiger partial charge in [-0.05, 0) is 31.4 Å². The van der Waals surface area contributed by atoms with E-state index in [4.69, 9.17) is 26.1 Å². The maximum Gasteiger partial charge on any atom is 0.231 e. The third kappa shape index (κ3) is 4.68. The van der Waals surface area contributed by atoms with Gasteiger partial charge in [0.2, 0.25) is 5.91 Å². The summed E-state index contributed by atoms with van der Waals surface area (Å²) in [5.74, 6) is 1.01. The monoisotopic (exact) mass is 437 g/mol. The van der Waals surface area contributed by atoms with E-state index in [-0.39, 0.29) is 11.8 Å². The highest BCUT2D eigenvalue weighted by Crippen LogP contribution is 2.39. The summed E-state index contributed by atoms with van der Waals surface area (Å²) in [6, 6.07) is 3.65. The topological polar surface area (TPSA) is 54.9 Å². The van der Waals surface area contributed by atoms with E-state index >= 15 is 0 Å². The molecular weight excluding hydrogens is 410 g/mol. The molecule has 0 radical (unpaired) electrons. The first-order valence-electron chi connectivity index (χ1n) is 10.4. The van der Waals surface area contributed by atoms with E-state index < -0.39 is 0 Å². The van der Waals surface area contributed by atoms with Crippen LogP contribution < -0.4 is 9.64 Å². The number of halogens is 1. The number of carbonyl (C=O) groups is 1. The predicted octanol–water partition coefficient (Wildman–Crippen LogP) is 4.20. The van der Waals surface area contributed by atoms with Gasteiger partial charge in [0.25, 0.3) is 0 Å². The van der Waals surface area contributed by atoms with Crippen LogP contribution in [-0.4, -0.2) is 62.3 Å². The van der Waals surface area contributed by atoms with Crippen LogP contribution in [0.4, 0.5) is 5.13 Å². The van der Waals surface area contributed by atoms with Crippen molar-refractivity contribution in [1.29, 1.82) is 0 Å². The molecule has 0 bridgehead atoms. The molecule has 6 nitrogen and oxygen atoms in total. The number of aromatic nitrogens is 1. The molecule has 1 aliphatic carbocycles. The standard InChI is InChI=1S/C21H28ClN3O3S/c1-27-17-8-7-16(22)19-18(17)23-21(29-19)25(20(26)15-5-2-3-6-15)10-4-9-24-11-13-28-14-12-24/h7-8,15H,2-6,9-14H2,1H3. The first kappa shape index (κ1) is 20.8. The van der Waals surface area contributed by atoms with Gasteiger partial charge in [-0.3, -0.25) is 14.6 Å². The lowest BCUT2D eigenvalue weighted by molar-refractivity contribution is -0.122. The molecule has 2 fully saturated rings. The molecule has 0 N–H and O–H groups in total. The zero-order valence-electron chi connectivity index (χ0n) is 16.9. The van der Waals surface area contributed by atoms with Crippen molar-refractivity contribution < 1.29 is 14.3 Å². The minimum atomic E-state index is 0.114. The maximum absolute atomic E-state index is 13.3. The highest BCUT2D eigenvalue weighted by atomic mass is 35.5. The second kappa shape index (κ2) is 9.60. The minimum Gasteiger partial charge on any atom is -0.494 e. The van der Waals surface area contributed by atoms with Crippen LogP contribution in [0.3, 0.4) is 0 Å². The van der Waals surface area contributed by atoms with Crippen LogP contribution in [0.1, 0.15) is 32.1 Å². The number of ether oxygens (including phenoxy) is 2. The molecule has 2 aromatic rings. The first-order chi connectivity index (χ1) is 14.2. The number of anilines is 1. The Labute approximate surface area is 180 Å². The molecule has 8 heteroatoms. The zero-order valence-corrected chi connectivity index (χ0v) is 18.4. The Morgan fingerprint density at radius 3 is 2.83 bits per heavy atom. The molecule has 1 aliphatic heterocycles. The highest BCUT2D eigenvalue weighted by Gasteiger charge is 2.30. The number of amides is 1. The van der Waals surface area contributed by atoms with Crippen molar-refractivity contribution >= 4 is 44.2 Å². The van der Waals surface area contributed by atoms with Gasteiger partial charge in [0.15, 0.2) is 5.13 Å². The summed E-state index contributed by atoms with van der Waals surface area (Å²) in [4.78, 5) is 22.4. The molecule has 1 saturated carbocycles. The lowest BCUT2D eigenvalue weighted by atomic mass is 10.1. The average molecular weight is 438 g/mol. The smallest absolute Gasteiger partial charge is 0.231 e. The Kier molecular flexibility index (Phi) is 6.90. The molecule has 2 aliphatic rings. The third-order valence-corrected chi connectivity index (χ3v) is 7.37. The predicted molar refractivity (Wildman–Crippen MR) is 117 cm³/mol. The van der Waals surface area contributed by atoms with E-state index in [1.807, 2.05) is 17.0 Å². The van der Waals surface area contributed by atoms with Gasteiger partial charge in [-0.2, -0.15) is 0 Å². The summed E-state index contributed by atoms with van der Waals surface area (Å²) in [5.41, 5.74) is 0.734. The van der Waals surface area contributed by atoms with E-state index in [9.17, 15) is 4.79 Å². The molecular formula is C21H28ClN3O3S. The van der Waals surface area contributed by atoms with Crippen LogP contribution in [-0.2, 0) is 9.53 Å². The number of hydrogen-bond acceptors (Lipinski definition) is 6. The normalized spacial score (nSPS) is 18.4. The Morgan fingerprint density at radius 2 is 2.10 bits per heavy atom. The van der Waals surface area contributed by atoms with Crippen LogP contribution in [0.5, 0.6) is 5.75 Å². The molecule has 1 amide bonds. The van der Waals surface area contributed by atoms with Crippen molar-refractivity contribution in [3.05, 3.63) is 17.2 Å². The average Bonchev–Trinajstić information content (AvgIpc) is 3.43. The molecule has 0 atom stereocenters. The van der Waals surface area contributed by atoms with Crippen LogP contribution in [0.25, 0.3) is 10.2 Å². The Morgan fingerprint density at radius 1 is 1.34 bits per heavy atom. The second-order valence-electron chi connectivity index (χ2n) is 7.70. The number of fused-ring (bicyclic) bond motifs is 1. The Bertz CT molecular complexity index is 847. The van der Waals surface area contributed by atoms with E-state index in [2.05, 4.69) is 4.90 Å². The molecule has 0 unspecified atom stereocenters. The van der Waals surface area contributed by atoms with Gasteiger partial charge in [-0.15, -0.1) is 0 Å². The molecule has 158 valence electrons. The van der Waals surface area contributed by atoms with Crippen LogP contribution in [0, 0.1) is 5.92 Å². The van der Waals surface area contributed by atoms with Gasteiger partial charge in [0, 0.05) is 32.1 Å². The fourth-order valence-electron chi connectivity index (χ4n) is 4.19. The lowest BCUT2D eigenvalue weighted by Gasteiger charge is -2.28. The number of benzene rings is 1. The van der Waals surface area contributed by atoms with Gasteiger partial charge in [-0.1, -0.05) is 35.8 Å². The highest BCUT2D eigenvalue weighted by molar-refractivity contribution is 7.23. The van der Waals surface area contributed by atoms with Gasteiger partial charge in [0.05, 0.1) is 30.0 Å². The SMILES string of the molecule is COc1ccc(Cl)c2sc(N(CCCN3CCOCC3)C(=O)C3CCCC3)nc12. The molecule has 1 aromatic heterocycles. The van der Waals surface area contributed by atoms with Crippen molar-refractivity contribution in [2.24, 2.45) is 5.92 Å². The van der Waals surface area contributed by atoms with E-state index in [0.717, 1.165) is 80.3 Å². The summed E-state index contributed by atoms with van der Waals surface area (Å²) in [5, 5.41) is 1.37. The second-order valence-corrected chi connectivity index (χ2v) is 9.09. The first-order valence-corrected chi connectivity index (χ1v) is 11.6. The van der Waals surface area contributed by atoms with E-state index in [0.29, 0.717) is 17.3 Å². The minimum absolute atomic E-state index is 0.114. The van der Waals surface area contributed by atoms with E-state index in [1.165, 1.54) is 11.3 Å². The van der Waals surface area contributed by atoms with Gasteiger partial charge in [-0.25, -0.2) is 4.98 Å². The molecule has 4 rings (SSSR count). The fourth-order valence-corrected chi connectivity index (χ4v) is 5.48. The molecule has 29 heavy (non-hydrogen) atoms. The van der Waals surface area contributed by atoms with Crippen LogP contribution in [0.2, 0.25) is 5.02 Å². The summed E-state index contributed by atoms with van der Waals surface area (Å²) in [7, 11) is 1.63. The fraction of sp³-hybridized carbons (Fsp3) is 0.619. The van der Waals surface area contributed by atoms with Gasteiger partial charge in [0.1, 0.15) is 11.3 Å². The molecule has 1 saturated heterocycles. The number of morpholine rings is 1. The summed E-state index contributed by atoms with van der Waals surface area (Å²) in [6.07, 6.45) is 5.15. The zero-order chi connectivity index (χ0) is 20.2. The summed E-state index contributed by atoms with van der Waals surface area (Å²) < 4.78 is 11.8. The largest absolute Gasteiger partial charge is 0.494 e. The number of methoxy groups -OCH3 is 1. The lowest BCUT2D eigenvalue weighted by Crippen LogP contribution is -2.40. The molecule has 0 spiro atoms. The number of rotatable bonds is 7. The van der Waals surface area contributed by atoms with Crippen molar-refractivity contribution in [3.8, 4) is 5.75 Å². The molecule has 1 aromatic carbocycles. The van der Waals surface area contributed by atoms with Crippen molar-refractivity contribution in [3.63, 3.8) is 0 Å². The number of carbonyl (C=O) groups excluding carboxylic acids is 1. The summed E-state index contributed by atoms with van der Waals surface area (Å²) >= 11 is 7.89. The quantitative estimate of drug-likeness (QED) is 0.649. The Balaban J connectivity index is 1.56. The van der Waals surface area contributed by atoms with Crippen LogP contribution in [0.15, 0.2) is 12.1 Å². The Hall–Kier alpha value is -1.41. The van der Waals surface area contributed by atoms with E-state index in [1.54, 1.807) is 7.11 Å². The van der Waals surface area contributed by atoms with Crippen molar-refractivity contribution in [2.75, 3.05) is 51.4 Å². The number of nitrogens with zero attached hydrogens (tertiary/aromatic N) is 3. The van der Waals surface area contributed by atoms with Crippen LogP contribution >= 0.6 is 22.9 Å². The van der Waals surface area contributed by atoms with Gasteiger partial charge >= 0.3 is 0 Å². The number of hydrogen-bond donors (Lipinski definition) is 0. The maximum atomic E-state index is 13.3. The third-order valence-electron chi connectivity index (χ3n) is 5.83. The van der Waals surface area contributed by atoms with Crippen molar-refractivity contribution in [1.82, 2.24) is 9.88 Å². The van der Waals surface area contributed by atoms with Gasteiger partial charge < -0.3 is 9.47 Å².